The summed E-state index contributed by atoms with van der Waals surface area (Å²) in [6.45, 7) is 0.977. The van der Waals surface area contributed by atoms with Crippen LogP contribution in [0.5, 0.6) is 5.75 Å². The molecule has 1 aliphatic heterocycles. The Bertz CT molecular complexity index is 1040. The average Bonchev–Trinajstić information content (AvgIpc) is 2.68. The molecule has 0 saturated heterocycles. The molecule has 3 aromatic rings. The number of hydrogen-bond donors (Lipinski definition) is 1. The number of benzene rings is 2. The third kappa shape index (κ3) is 2.94. The summed E-state index contributed by atoms with van der Waals surface area (Å²) in [6, 6.07) is 15.2. The molecule has 1 amide bonds. The van der Waals surface area contributed by atoms with Crippen molar-refractivity contribution in [3.8, 4) is 5.75 Å². The number of amides is 1. The number of carbonyl (C=O) groups is 1. The molecule has 0 spiro atoms. The van der Waals surface area contributed by atoms with E-state index in [-0.39, 0.29) is 11.6 Å². The van der Waals surface area contributed by atoms with Crippen LogP contribution >= 0.6 is 0 Å². The van der Waals surface area contributed by atoms with Gasteiger partial charge in [0.25, 0.3) is 11.5 Å². The molecule has 26 heavy (non-hydrogen) atoms. The van der Waals surface area contributed by atoms with Crippen molar-refractivity contribution < 1.29 is 9.53 Å². The number of aromatic nitrogens is 2. The van der Waals surface area contributed by atoms with Gasteiger partial charge in [-0.2, -0.15) is 0 Å². The lowest BCUT2D eigenvalue weighted by Crippen LogP contribution is -2.38. The van der Waals surface area contributed by atoms with Gasteiger partial charge in [-0.05, 0) is 30.2 Å². The number of nitrogens with one attached hydrogen (secondary N) is 1. The van der Waals surface area contributed by atoms with Gasteiger partial charge in [-0.25, -0.2) is 4.98 Å². The van der Waals surface area contributed by atoms with Crippen molar-refractivity contribution in [3.05, 3.63) is 70.1 Å². The molecule has 1 N–H and O–H groups in total. The van der Waals surface area contributed by atoms with Crippen molar-refractivity contribution in [1.29, 1.82) is 0 Å². The summed E-state index contributed by atoms with van der Waals surface area (Å²) < 4.78 is 7.20. The van der Waals surface area contributed by atoms with Gasteiger partial charge >= 0.3 is 0 Å². The number of fused-ring (bicyclic) bond motifs is 2. The molecule has 132 valence electrons. The monoisotopic (exact) mass is 349 g/mol. The maximum atomic E-state index is 12.5. The molecule has 1 aromatic heterocycles. The Morgan fingerprint density at radius 3 is 2.88 bits per heavy atom. The van der Waals surface area contributed by atoms with Crippen molar-refractivity contribution in [2.24, 2.45) is 13.0 Å². The number of para-hydroxylation sites is 3. The fourth-order valence-electron chi connectivity index (χ4n) is 3.27. The molecule has 0 radical (unpaired) electrons. The van der Waals surface area contributed by atoms with E-state index >= 15 is 0 Å². The van der Waals surface area contributed by atoms with E-state index in [4.69, 9.17) is 4.74 Å². The van der Waals surface area contributed by atoms with E-state index in [1.54, 1.807) is 13.1 Å². The minimum absolute atomic E-state index is 0.0803. The smallest absolute Gasteiger partial charge is 0.282 e. The first-order valence-corrected chi connectivity index (χ1v) is 8.58. The minimum atomic E-state index is -0.449. The summed E-state index contributed by atoms with van der Waals surface area (Å²) in [5, 5.41) is 2.84. The summed E-state index contributed by atoms with van der Waals surface area (Å²) >= 11 is 0. The zero-order valence-corrected chi connectivity index (χ0v) is 14.4. The quantitative estimate of drug-likeness (QED) is 0.784. The molecule has 0 bridgehead atoms. The van der Waals surface area contributed by atoms with Gasteiger partial charge in [-0.1, -0.05) is 30.3 Å². The van der Waals surface area contributed by atoms with Crippen molar-refractivity contribution in [1.82, 2.24) is 14.9 Å². The van der Waals surface area contributed by atoms with Gasteiger partial charge in [0, 0.05) is 19.5 Å². The number of nitrogens with zero attached hydrogens (tertiary/aromatic N) is 2. The highest BCUT2D eigenvalue weighted by Gasteiger charge is 2.22. The molecular formula is C20H19N3O3. The Morgan fingerprint density at radius 1 is 1.23 bits per heavy atom. The van der Waals surface area contributed by atoms with Crippen LogP contribution in [0, 0.1) is 5.92 Å². The predicted octanol–water partition coefficient (Wildman–Crippen LogP) is 1.91. The van der Waals surface area contributed by atoms with Crippen LogP contribution in [0.15, 0.2) is 53.3 Å². The molecule has 6 nitrogen and oxygen atoms in total. The summed E-state index contributed by atoms with van der Waals surface area (Å²) in [5.74, 6) is 0.619. The fourth-order valence-corrected chi connectivity index (χ4v) is 3.27. The normalized spacial score (nSPS) is 16.0. The molecule has 2 heterocycles. The molecule has 2 aromatic carbocycles. The molecule has 1 atom stereocenters. The number of rotatable bonds is 3. The maximum Gasteiger partial charge on any atom is 0.282 e. The van der Waals surface area contributed by atoms with Crippen LogP contribution < -0.4 is 15.6 Å². The summed E-state index contributed by atoms with van der Waals surface area (Å²) in [4.78, 5) is 29.2. The zero-order chi connectivity index (χ0) is 18.1. The largest absolute Gasteiger partial charge is 0.493 e. The van der Waals surface area contributed by atoms with Gasteiger partial charge < -0.3 is 14.6 Å². The highest BCUT2D eigenvalue weighted by molar-refractivity contribution is 5.93. The lowest BCUT2D eigenvalue weighted by Gasteiger charge is -2.25. The lowest BCUT2D eigenvalue weighted by molar-refractivity contribution is 0.0932. The van der Waals surface area contributed by atoms with Crippen LogP contribution in [0.1, 0.15) is 16.1 Å². The molecule has 1 aliphatic rings. The van der Waals surface area contributed by atoms with E-state index in [9.17, 15) is 9.59 Å². The van der Waals surface area contributed by atoms with E-state index in [0.717, 1.165) is 17.7 Å². The Balaban J connectivity index is 1.50. The third-order valence-electron chi connectivity index (χ3n) is 4.70. The highest BCUT2D eigenvalue weighted by Crippen LogP contribution is 2.26. The molecule has 0 unspecified atom stereocenters. The number of carbonyl (C=O) groups excluding carboxylic acids is 1. The molecule has 0 saturated carbocycles. The van der Waals surface area contributed by atoms with Gasteiger partial charge in [0.05, 0.1) is 17.6 Å². The van der Waals surface area contributed by atoms with Gasteiger partial charge in [0.2, 0.25) is 0 Å². The maximum absolute atomic E-state index is 12.5. The zero-order valence-electron chi connectivity index (χ0n) is 14.4. The van der Waals surface area contributed by atoms with Crippen molar-refractivity contribution in [2.75, 3.05) is 13.2 Å². The first kappa shape index (κ1) is 16.3. The molecule has 6 heteroatoms. The average molecular weight is 349 g/mol. The van der Waals surface area contributed by atoms with Gasteiger partial charge in [-0.3, -0.25) is 9.59 Å². The second-order valence-corrected chi connectivity index (χ2v) is 6.51. The van der Waals surface area contributed by atoms with Crippen LogP contribution in [0.4, 0.5) is 0 Å². The van der Waals surface area contributed by atoms with E-state index in [0.29, 0.717) is 24.2 Å². The van der Waals surface area contributed by atoms with E-state index in [1.165, 1.54) is 4.57 Å². The highest BCUT2D eigenvalue weighted by atomic mass is 16.5. The number of aryl methyl sites for hydroxylation is 1. The van der Waals surface area contributed by atoms with E-state index in [2.05, 4.69) is 10.3 Å². The topological polar surface area (TPSA) is 73.2 Å². The number of ether oxygens (including phenoxy) is 1. The fraction of sp³-hybridized carbons (Fsp3) is 0.250. The molecule has 4 rings (SSSR count). The van der Waals surface area contributed by atoms with Crippen LogP contribution in [0.25, 0.3) is 11.0 Å². The summed E-state index contributed by atoms with van der Waals surface area (Å²) in [6.07, 6.45) is 0.833. The molecule has 0 aliphatic carbocycles. The predicted molar refractivity (Wildman–Crippen MR) is 98.4 cm³/mol. The van der Waals surface area contributed by atoms with Gasteiger partial charge in [0.15, 0.2) is 5.69 Å². The first-order valence-electron chi connectivity index (χ1n) is 8.58. The second kappa shape index (κ2) is 6.63. The number of hydrogen-bond acceptors (Lipinski definition) is 4. The van der Waals surface area contributed by atoms with Crippen molar-refractivity contribution in [3.63, 3.8) is 0 Å². The third-order valence-corrected chi connectivity index (χ3v) is 4.70. The SMILES string of the molecule is Cn1c(=O)c(C(=O)NC[C@@H]2COc3ccccc3C2)nc2ccccc21. The van der Waals surface area contributed by atoms with E-state index in [1.807, 2.05) is 42.5 Å². The van der Waals surface area contributed by atoms with Crippen molar-refractivity contribution >= 4 is 16.9 Å². The first-order chi connectivity index (χ1) is 12.6. The van der Waals surface area contributed by atoms with Gasteiger partial charge in [0.1, 0.15) is 5.75 Å². The second-order valence-electron chi connectivity index (χ2n) is 6.51. The standard InChI is InChI=1S/C20H19N3O3/c1-23-16-8-4-3-7-15(16)22-18(20(23)25)19(24)21-11-13-10-14-6-2-5-9-17(14)26-12-13/h2-9,13H,10-12H2,1H3,(H,21,24)/t13-/m1/s1. The molecule has 0 fully saturated rings. The van der Waals surface area contributed by atoms with Gasteiger partial charge in [-0.15, -0.1) is 0 Å². The Kier molecular flexibility index (Phi) is 4.16. The minimum Gasteiger partial charge on any atom is -0.493 e. The van der Waals surface area contributed by atoms with Crippen LogP contribution in [-0.2, 0) is 13.5 Å². The summed E-state index contributed by atoms with van der Waals surface area (Å²) in [5.41, 5.74) is 1.98. The molecular weight excluding hydrogens is 330 g/mol. The van der Waals surface area contributed by atoms with Crippen LogP contribution in [0.3, 0.4) is 0 Å². The Hall–Kier alpha value is -3.15. The Labute approximate surface area is 150 Å². The summed E-state index contributed by atoms with van der Waals surface area (Å²) in [7, 11) is 1.65. The lowest BCUT2D eigenvalue weighted by atomic mass is 9.97. The van der Waals surface area contributed by atoms with Crippen molar-refractivity contribution in [2.45, 2.75) is 6.42 Å². The Morgan fingerprint density at radius 2 is 2.00 bits per heavy atom. The van der Waals surface area contributed by atoms with E-state index < -0.39 is 11.5 Å². The van der Waals surface area contributed by atoms with Crippen LogP contribution in [0.2, 0.25) is 0 Å². The van der Waals surface area contributed by atoms with Crippen LogP contribution in [-0.4, -0.2) is 28.6 Å².